The van der Waals surface area contributed by atoms with Crippen molar-refractivity contribution in [2.45, 2.75) is 12.2 Å². The Balaban J connectivity index is 2.01. The number of benzene rings is 2. The molecule has 0 saturated carbocycles. The summed E-state index contributed by atoms with van der Waals surface area (Å²) in [4.78, 5) is 42.5. The Morgan fingerprint density at radius 2 is 1.23 bits per heavy atom. The van der Waals surface area contributed by atoms with Crippen LogP contribution >= 0.6 is 0 Å². The minimum Gasteiger partial charge on any atom is -0.468 e. The molecule has 7 nitrogen and oxygen atoms in total. The van der Waals surface area contributed by atoms with Crippen LogP contribution in [0, 0.1) is 10.8 Å². The van der Waals surface area contributed by atoms with Crippen LogP contribution in [-0.4, -0.2) is 57.0 Å². The number of methoxy groups -OCH3 is 2. The molecule has 162 valence electrons. The Bertz CT molecular complexity index is 916. The zero-order valence-electron chi connectivity index (χ0n) is 17.7. The van der Waals surface area contributed by atoms with Gasteiger partial charge < -0.3 is 19.1 Å². The van der Waals surface area contributed by atoms with Gasteiger partial charge in [0.1, 0.15) is 12.2 Å². The number of ether oxygens (including phenoxy) is 3. The molecule has 2 aromatic carbocycles. The van der Waals surface area contributed by atoms with Gasteiger partial charge in [0.15, 0.2) is 16.6 Å². The normalized spacial score (nSPS) is 30.5. The maximum absolute atomic E-state index is 14.3. The smallest absolute Gasteiger partial charge is 0.323 e. The van der Waals surface area contributed by atoms with Gasteiger partial charge in [-0.2, -0.15) is 0 Å². The van der Waals surface area contributed by atoms with Crippen molar-refractivity contribution in [1.29, 1.82) is 0 Å². The number of carbonyl (C=O) groups is 3. The highest BCUT2D eigenvalue weighted by Gasteiger charge is 2.73. The summed E-state index contributed by atoms with van der Waals surface area (Å²) in [7, 11) is 4.26. The standard InChI is InChI=1S/C24H25NO6/c1-25-14-23(21(27)29-2)18(16-10-6-4-7-11-16)31-19(17-12-8-5-9-13-17)24(15-25,20(23)26)22(28)30-3/h4-13,18-19H,14-15H2,1-3H3/t18-,19+,23+,24-. The molecule has 2 saturated heterocycles. The number of rotatable bonds is 4. The summed E-state index contributed by atoms with van der Waals surface area (Å²) in [5.74, 6) is -1.97. The maximum atomic E-state index is 14.3. The molecule has 2 bridgehead atoms. The first kappa shape index (κ1) is 21.2. The fourth-order valence-corrected chi connectivity index (χ4v) is 5.10. The number of hydrogen-bond donors (Lipinski definition) is 0. The van der Waals surface area contributed by atoms with E-state index in [0.717, 1.165) is 0 Å². The number of Topliss-reactive ketones (excluding diaryl/α,β-unsaturated/α-hetero) is 1. The van der Waals surface area contributed by atoms with Crippen LogP contribution in [0.5, 0.6) is 0 Å². The molecule has 0 unspecified atom stereocenters. The molecule has 0 N–H and O–H groups in total. The van der Waals surface area contributed by atoms with Gasteiger partial charge in [0.05, 0.1) is 14.2 Å². The number of nitrogens with zero attached hydrogens (tertiary/aromatic N) is 1. The molecule has 0 aromatic heterocycles. The molecule has 0 radical (unpaired) electrons. The second-order valence-corrected chi connectivity index (χ2v) is 8.14. The number of fused-ring (bicyclic) bond motifs is 2. The Labute approximate surface area is 180 Å². The molecular formula is C24H25NO6. The van der Waals surface area contributed by atoms with Crippen LogP contribution in [0.4, 0.5) is 0 Å². The summed E-state index contributed by atoms with van der Waals surface area (Å²) in [6.07, 6.45) is -1.86. The van der Waals surface area contributed by atoms with Crippen molar-refractivity contribution < 1.29 is 28.6 Å². The third-order valence-corrected chi connectivity index (χ3v) is 6.32. The quantitative estimate of drug-likeness (QED) is 0.551. The Hall–Kier alpha value is -3.03. The zero-order valence-corrected chi connectivity index (χ0v) is 17.7. The van der Waals surface area contributed by atoms with Gasteiger partial charge in [0.25, 0.3) is 0 Å². The topological polar surface area (TPSA) is 82.1 Å². The molecule has 0 amide bonds. The van der Waals surface area contributed by atoms with Crippen molar-refractivity contribution in [1.82, 2.24) is 4.90 Å². The average molecular weight is 423 g/mol. The van der Waals surface area contributed by atoms with Crippen molar-refractivity contribution in [3.63, 3.8) is 0 Å². The summed E-state index contributed by atoms with van der Waals surface area (Å²) in [5.41, 5.74) is -2.09. The fraction of sp³-hybridized carbons (Fsp3) is 0.375. The minimum atomic E-state index is -1.71. The van der Waals surface area contributed by atoms with Crippen molar-refractivity contribution >= 4 is 17.7 Å². The first-order chi connectivity index (χ1) is 14.9. The number of esters is 2. The van der Waals surface area contributed by atoms with E-state index in [-0.39, 0.29) is 13.1 Å². The molecule has 2 heterocycles. The van der Waals surface area contributed by atoms with E-state index >= 15 is 0 Å². The average Bonchev–Trinajstić information content (AvgIpc) is 2.80. The number of ketones is 1. The molecule has 7 heteroatoms. The predicted octanol–water partition coefficient (Wildman–Crippen LogP) is 2.33. The van der Waals surface area contributed by atoms with E-state index in [1.54, 1.807) is 7.05 Å². The van der Waals surface area contributed by atoms with Gasteiger partial charge in [0, 0.05) is 13.1 Å². The Morgan fingerprint density at radius 3 is 1.58 bits per heavy atom. The SMILES string of the molecule is COC(=O)[C@]12CN(C)C[C@](C(=O)OC)(C1=O)[C@H](c1ccccc1)O[C@@H]2c1ccccc1. The molecule has 0 aliphatic carbocycles. The van der Waals surface area contributed by atoms with Crippen LogP contribution in [0.3, 0.4) is 0 Å². The van der Waals surface area contributed by atoms with Crippen molar-refractivity contribution in [2.75, 3.05) is 34.4 Å². The van der Waals surface area contributed by atoms with Crippen molar-refractivity contribution in [3.05, 3.63) is 71.8 Å². The molecule has 2 aromatic rings. The summed E-state index contributed by atoms with van der Waals surface area (Å²) in [5, 5.41) is 0. The number of likely N-dealkylation sites (tertiary alicyclic amines) is 1. The van der Waals surface area contributed by atoms with E-state index in [0.29, 0.717) is 11.1 Å². The molecule has 2 aliphatic heterocycles. The Morgan fingerprint density at radius 1 is 0.839 bits per heavy atom. The lowest BCUT2D eigenvalue weighted by molar-refractivity contribution is -0.232. The van der Waals surface area contributed by atoms with Crippen molar-refractivity contribution in [3.8, 4) is 0 Å². The maximum Gasteiger partial charge on any atom is 0.323 e. The van der Waals surface area contributed by atoms with Gasteiger partial charge in [-0.15, -0.1) is 0 Å². The first-order valence-corrected chi connectivity index (χ1v) is 10.1. The third-order valence-electron chi connectivity index (χ3n) is 6.32. The minimum absolute atomic E-state index is 0.0678. The summed E-state index contributed by atoms with van der Waals surface area (Å²) >= 11 is 0. The third kappa shape index (κ3) is 2.99. The second-order valence-electron chi connectivity index (χ2n) is 8.14. The molecular weight excluding hydrogens is 398 g/mol. The number of carbonyl (C=O) groups excluding carboxylic acids is 3. The number of hydrogen-bond acceptors (Lipinski definition) is 7. The molecule has 4 atom stereocenters. The van der Waals surface area contributed by atoms with Crippen LogP contribution in [-0.2, 0) is 28.6 Å². The van der Waals surface area contributed by atoms with E-state index < -0.39 is 40.8 Å². The lowest BCUT2D eigenvalue weighted by Gasteiger charge is -2.56. The highest BCUT2D eigenvalue weighted by molar-refractivity contribution is 6.17. The lowest BCUT2D eigenvalue weighted by atomic mass is 9.57. The molecule has 0 spiro atoms. The summed E-state index contributed by atoms with van der Waals surface area (Å²) in [6, 6.07) is 18.2. The van der Waals surface area contributed by atoms with E-state index in [1.165, 1.54) is 14.2 Å². The lowest BCUT2D eigenvalue weighted by Crippen LogP contribution is -2.71. The summed E-state index contributed by atoms with van der Waals surface area (Å²) < 4.78 is 16.8. The summed E-state index contributed by atoms with van der Waals surface area (Å²) in [6.45, 7) is 0.136. The molecule has 2 fully saturated rings. The fourth-order valence-electron chi connectivity index (χ4n) is 5.10. The zero-order chi connectivity index (χ0) is 22.2. The highest BCUT2D eigenvalue weighted by Crippen LogP contribution is 2.59. The van der Waals surface area contributed by atoms with Gasteiger partial charge in [-0.3, -0.25) is 14.4 Å². The van der Waals surface area contributed by atoms with Gasteiger partial charge >= 0.3 is 11.9 Å². The Kier molecular flexibility index (Phi) is 5.41. The van der Waals surface area contributed by atoms with Gasteiger partial charge in [-0.05, 0) is 18.2 Å². The monoisotopic (exact) mass is 423 g/mol. The molecule has 4 rings (SSSR count). The van der Waals surface area contributed by atoms with Crippen LogP contribution in [0.25, 0.3) is 0 Å². The van der Waals surface area contributed by atoms with E-state index in [9.17, 15) is 14.4 Å². The first-order valence-electron chi connectivity index (χ1n) is 10.1. The van der Waals surface area contributed by atoms with E-state index in [2.05, 4.69) is 0 Å². The van der Waals surface area contributed by atoms with Gasteiger partial charge in [0.2, 0.25) is 0 Å². The van der Waals surface area contributed by atoms with E-state index in [1.807, 2.05) is 65.6 Å². The van der Waals surface area contributed by atoms with Gasteiger partial charge in [-0.1, -0.05) is 60.7 Å². The van der Waals surface area contributed by atoms with Crippen LogP contribution in [0.15, 0.2) is 60.7 Å². The van der Waals surface area contributed by atoms with E-state index in [4.69, 9.17) is 14.2 Å². The van der Waals surface area contributed by atoms with Gasteiger partial charge in [-0.25, -0.2) is 0 Å². The predicted molar refractivity (Wildman–Crippen MR) is 111 cm³/mol. The molecule has 31 heavy (non-hydrogen) atoms. The second kappa shape index (κ2) is 7.90. The largest absolute Gasteiger partial charge is 0.468 e. The highest BCUT2D eigenvalue weighted by atomic mass is 16.5. The number of piperidine rings is 1. The van der Waals surface area contributed by atoms with Crippen LogP contribution < -0.4 is 0 Å². The van der Waals surface area contributed by atoms with Crippen LogP contribution in [0.2, 0.25) is 0 Å². The van der Waals surface area contributed by atoms with Crippen molar-refractivity contribution in [2.24, 2.45) is 10.8 Å². The van der Waals surface area contributed by atoms with Crippen LogP contribution in [0.1, 0.15) is 23.3 Å². The molecule has 2 aliphatic rings.